The van der Waals surface area contributed by atoms with E-state index in [0.29, 0.717) is 29.4 Å². The molecule has 1 aliphatic rings. The quantitative estimate of drug-likeness (QED) is 0.660. The second kappa shape index (κ2) is 6.67. The Morgan fingerprint density at radius 1 is 1.29 bits per heavy atom. The van der Waals surface area contributed by atoms with Gasteiger partial charge in [-0.25, -0.2) is 0 Å². The van der Waals surface area contributed by atoms with E-state index in [-0.39, 0.29) is 0 Å². The molecule has 0 aliphatic carbocycles. The van der Waals surface area contributed by atoms with E-state index in [4.69, 9.17) is 16.0 Å². The maximum Gasteiger partial charge on any atom is 0.249 e. The van der Waals surface area contributed by atoms with Crippen LogP contribution in [0.4, 0.5) is 0 Å². The third-order valence-corrected chi connectivity index (χ3v) is 5.83. The number of benzene rings is 1. The normalized spacial score (nSPS) is 17.8. The summed E-state index contributed by atoms with van der Waals surface area (Å²) in [7, 11) is 0. The monoisotopic (exact) mass is 359 g/mol. The predicted molar refractivity (Wildman–Crippen MR) is 96.2 cm³/mol. The number of aromatic nitrogens is 2. The van der Waals surface area contributed by atoms with Gasteiger partial charge < -0.3 is 4.42 Å². The molecule has 0 bridgehead atoms. The number of halogens is 1. The van der Waals surface area contributed by atoms with Crippen LogP contribution in [-0.2, 0) is 13.0 Å². The lowest BCUT2D eigenvalue weighted by Crippen LogP contribution is -2.34. The number of hydrogen-bond acceptors (Lipinski definition) is 5. The van der Waals surface area contributed by atoms with Crippen molar-refractivity contribution in [1.29, 1.82) is 0 Å². The smallest absolute Gasteiger partial charge is 0.249 e. The largest absolute Gasteiger partial charge is 0.419 e. The Balaban J connectivity index is 1.55. The van der Waals surface area contributed by atoms with Gasteiger partial charge in [-0.3, -0.25) is 4.90 Å². The van der Waals surface area contributed by atoms with Crippen LogP contribution in [0.5, 0.6) is 0 Å². The fourth-order valence-electron chi connectivity index (χ4n) is 3.35. The number of hydrogen-bond donors (Lipinski definition) is 0. The molecule has 1 aromatic carbocycles. The van der Waals surface area contributed by atoms with Gasteiger partial charge in [0.2, 0.25) is 11.8 Å². The van der Waals surface area contributed by atoms with Gasteiger partial charge in [-0.2, -0.15) is 0 Å². The van der Waals surface area contributed by atoms with Crippen LogP contribution in [0.15, 0.2) is 40.1 Å². The summed E-state index contributed by atoms with van der Waals surface area (Å²) >= 11 is 8.08. The number of rotatable bonds is 4. The molecule has 0 spiro atoms. The van der Waals surface area contributed by atoms with Crippen molar-refractivity contribution in [2.75, 3.05) is 6.54 Å². The average Bonchev–Trinajstić information content (AvgIpc) is 3.24. The maximum atomic E-state index is 6.21. The molecule has 4 rings (SSSR count). The van der Waals surface area contributed by atoms with Crippen molar-refractivity contribution < 1.29 is 4.42 Å². The van der Waals surface area contributed by atoms with Crippen molar-refractivity contribution in [2.45, 2.75) is 32.4 Å². The SMILES string of the molecule is CCC1c2ccsc2CCN1Cc1nnc(-c2ccccc2Cl)o1. The highest BCUT2D eigenvalue weighted by atomic mass is 35.5. The highest BCUT2D eigenvalue weighted by Gasteiger charge is 2.28. The van der Waals surface area contributed by atoms with Gasteiger partial charge in [0.05, 0.1) is 17.1 Å². The highest BCUT2D eigenvalue weighted by Crippen LogP contribution is 2.36. The fraction of sp³-hybridized carbons (Fsp3) is 0.333. The molecule has 24 heavy (non-hydrogen) atoms. The first-order valence-electron chi connectivity index (χ1n) is 8.14. The van der Waals surface area contributed by atoms with Gasteiger partial charge in [0.1, 0.15) is 0 Å². The number of nitrogens with zero attached hydrogens (tertiary/aromatic N) is 3. The van der Waals surface area contributed by atoms with Gasteiger partial charge in [0.15, 0.2) is 0 Å². The molecular formula is C18H18ClN3OS. The second-order valence-electron chi connectivity index (χ2n) is 5.92. The molecule has 0 saturated carbocycles. The van der Waals surface area contributed by atoms with Crippen molar-refractivity contribution in [3.8, 4) is 11.5 Å². The van der Waals surface area contributed by atoms with Gasteiger partial charge in [0, 0.05) is 17.5 Å². The van der Waals surface area contributed by atoms with Gasteiger partial charge in [-0.05, 0) is 42.0 Å². The van der Waals surface area contributed by atoms with Crippen LogP contribution in [0.1, 0.15) is 35.7 Å². The molecule has 4 nitrogen and oxygen atoms in total. The van der Waals surface area contributed by atoms with Crippen LogP contribution in [0.2, 0.25) is 5.02 Å². The van der Waals surface area contributed by atoms with Crippen molar-refractivity contribution in [3.63, 3.8) is 0 Å². The van der Waals surface area contributed by atoms with Gasteiger partial charge in [0.25, 0.3) is 0 Å². The third-order valence-electron chi connectivity index (χ3n) is 4.50. The van der Waals surface area contributed by atoms with Gasteiger partial charge in [-0.1, -0.05) is 30.7 Å². The first-order valence-corrected chi connectivity index (χ1v) is 9.39. The minimum atomic E-state index is 0.427. The molecule has 1 atom stereocenters. The minimum absolute atomic E-state index is 0.427. The lowest BCUT2D eigenvalue weighted by atomic mass is 9.98. The lowest BCUT2D eigenvalue weighted by molar-refractivity contribution is 0.157. The van der Waals surface area contributed by atoms with E-state index in [9.17, 15) is 0 Å². The van der Waals surface area contributed by atoms with Crippen molar-refractivity contribution in [3.05, 3.63) is 57.1 Å². The Labute approximate surface area is 150 Å². The third kappa shape index (κ3) is 2.88. The van der Waals surface area contributed by atoms with Crippen LogP contribution in [0.3, 0.4) is 0 Å². The van der Waals surface area contributed by atoms with Crippen LogP contribution < -0.4 is 0 Å². The molecule has 124 valence electrons. The van der Waals surface area contributed by atoms with E-state index >= 15 is 0 Å². The Bertz CT molecular complexity index is 844. The Hall–Kier alpha value is -1.69. The fourth-order valence-corrected chi connectivity index (χ4v) is 4.50. The summed E-state index contributed by atoms with van der Waals surface area (Å²) < 4.78 is 5.87. The second-order valence-corrected chi connectivity index (χ2v) is 7.33. The van der Waals surface area contributed by atoms with Crippen LogP contribution in [0, 0.1) is 0 Å². The molecule has 6 heteroatoms. The zero-order valence-electron chi connectivity index (χ0n) is 13.4. The van der Waals surface area contributed by atoms with Crippen molar-refractivity contribution in [2.24, 2.45) is 0 Å². The van der Waals surface area contributed by atoms with E-state index < -0.39 is 0 Å². The molecule has 1 aliphatic heterocycles. The van der Waals surface area contributed by atoms with E-state index in [1.807, 2.05) is 35.6 Å². The Morgan fingerprint density at radius 3 is 3.00 bits per heavy atom. The number of fused-ring (bicyclic) bond motifs is 1. The van der Waals surface area contributed by atoms with E-state index in [1.54, 1.807) is 0 Å². The summed E-state index contributed by atoms with van der Waals surface area (Å²) in [5, 5.41) is 11.2. The van der Waals surface area contributed by atoms with Crippen LogP contribution in [0.25, 0.3) is 11.5 Å². The zero-order valence-corrected chi connectivity index (χ0v) is 15.0. The summed E-state index contributed by atoms with van der Waals surface area (Å²) in [4.78, 5) is 3.94. The molecule has 0 amide bonds. The van der Waals surface area contributed by atoms with Crippen molar-refractivity contribution >= 4 is 22.9 Å². The van der Waals surface area contributed by atoms with E-state index in [2.05, 4.69) is 33.5 Å². The molecule has 0 radical (unpaired) electrons. The minimum Gasteiger partial charge on any atom is -0.419 e. The summed E-state index contributed by atoms with van der Waals surface area (Å²) in [5.41, 5.74) is 2.24. The molecule has 0 fully saturated rings. The molecule has 3 aromatic rings. The molecular weight excluding hydrogens is 342 g/mol. The molecule has 1 unspecified atom stereocenters. The maximum absolute atomic E-state index is 6.21. The van der Waals surface area contributed by atoms with E-state index in [1.165, 1.54) is 10.4 Å². The summed E-state index contributed by atoms with van der Waals surface area (Å²) in [5.74, 6) is 1.12. The summed E-state index contributed by atoms with van der Waals surface area (Å²) in [6.07, 6.45) is 2.17. The molecule has 3 heterocycles. The number of thiophene rings is 1. The molecule has 2 aromatic heterocycles. The first kappa shape index (κ1) is 15.8. The summed E-state index contributed by atoms with van der Waals surface area (Å²) in [6.45, 7) is 3.93. The lowest BCUT2D eigenvalue weighted by Gasteiger charge is -2.34. The van der Waals surface area contributed by atoms with Crippen LogP contribution in [-0.4, -0.2) is 21.6 Å². The topological polar surface area (TPSA) is 42.2 Å². The standard InChI is InChI=1S/C18H18ClN3OS/c1-2-15-13-8-10-24-16(13)7-9-22(15)11-17-20-21-18(23-17)12-5-3-4-6-14(12)19/h3-6,8,10,15H,2,7,9,11H2,1H3. The Kier molecular flexibility index (Phi) is 4.39. The summed E-state index contributed by atoms with van der Waals surface area (Å²) in [6, 6.07) is 10.2. The van der Waals surface area contributed by atoms with Gasteiger partial charge in [-0.15, -0.1) is 21.5 Å². The average molecular weight is 360 g/mol. The first-order chi connectivity index (χ1) is 11.8. The van der Waals surface area contributed by atoms with Crippen molar-refractivity contribution in [1.82, 2.24) is 15.1 Å². The van der Waals surface area contributed by atoms with Crippen LogP contribution >= 0.6 is 22.9 Å². The highest BCUT2D eigenvalue weighted by molar-refractivity contribution is 7.10. The zero-order chi connectivity index (χ0) is 16.5. The predicted octanol–water partition coefficient (Wildman–Crippen LogP) is 4.96. The molecule has 0 saturated heterocycles. The Morgan fingerprint density at radius 2 is 2.17 bits per heavy atom. The van der Waals surface area contributed by atoms with Gasteiger partial charge >= 0.3 is 0 Å². The molecule has 0 N–H and O–H groups in total. The van der Waals surface area contributed by atoms with E-state index in [0.717, 1.165) is 24.9 Å².